The Bertz CT molecular complexity index is 729. The second kappa shape index (κ2) is 14.7. The summed E-state index contributed by atoms with van der Waals surface area (Å²) in [6, 6.07) is -5.21. The van der Waals surface area contributed by atoms with E-state index in [4.69, 9.17) is 22.9 Å². The molecule has 0 aliphatic heterocycles. The molecule has 0 aliphatic carbocycles. The van der Waals surface area contributed by atoms with Crippen LogP contribution in [0.1, 0.15) is 46.0 Å². The molecule has 33 heavy (non-hydrogen) atoms. The normalized spacial score (nSPS) is 14.5. The van der Waals surface area contributed by atoms with Gasteiger partial charge in [-0.1, -0.05) is 13.8 Å². The predicted octanol–water partition coefficient (Wildman–Crippen LogP) is -3.61. The molecule has 188 valence electrons. The van der Waals surface area contributed by atoms with Crippen LogP contribution in [0.2, 0.25) is 0 Å². The van der Waals surface area contributed by atoms with Crippen LogP contribution in [0.15, 0.2) is 0 Å². The van der Waals surface area contributed by atoms with Crippen LogP contribution in [0.5, 0.6) is 0 Å². The first-order valence-electron chi connectivity index (χ1n) is 10.5. The second-order valence-electron chi connectivity index (χ2n) is 7.92. The van der Waals surface area contributed by atoms with Crippen molar-refractivity contribution in [1.29, 1.82) is 0 Å². The maximum Gasteiger partial charge on any atom is 0.326 e. The Hall–Kier alpha value is -3.26. The number of carbonyl (C=O) groups excluding carboxylic acids is 5. The van der Waals surface area contributed by atoms with Gasteiger partial charge in [-0.2, -0.15) is 0 Å². The van der Waals surface area contributed by atoms with Crippen molar-refractivity contribution < 1.29 is 33.9 Å². The van der Waals surface area contributed by atoms with Crippen LogP contribution < -0.4 is 38.9 Å². The van der Waals surface area contributed by atoms with Gasteiger partial charge in [-0.3, -0.25) is 24.0 Å². The third-order valence-corrected chi connectivity index (χ3v) is 4.60. The summed E-state index contributed by atoms with van der Waals surface area (Å²) in [5, 5.41) is 16.3. The Balaban J connectivity index is 5.39. The first-order chi connectivity index (χ1) is 15.3. The zero-order valence-electron chi connectivity index (χ0n) is 18.8. The number of hydrogen-bond acceptors (Lipinski definition) is 8. The van der Waals surface area contributed by atoms with Gasteiger partial charge >= 0.3 is 5.97 Å². The minimum absolute atomic E-state index is 0.148. The van der Waals surface area contributed by atoms with Crippen molar-refractivity contribution in [2.75, 3.05) is 6.54 Å². The molecule has 0 radical (unpaired) electrons. The van der Waals surface area contributed by atoms with Crippen LogP contribution in [-0.2, 0) is 28.8 Å². The molecule has 0 heterocycles. The van der Waals surface area contributed by atoms with E-state index in [2.05, 4.69) is 16.0 Å². The standard InChI is InChI=1S/C19H35N7O7/c1-9(2)15(18(31)24-11(19(32)33)5-3-4-6-20)26-17(30)12(8-14(23)28)25-16(29)10(21)7-13(22)27/h9-12,15H,3-8,20-21H2,1-2H3,(H2,22,27)(H2,23,28)(H,24,31)(H,25,29)(H,26,30)(H,32,33). The smallest absolute Gasteiger partial charge is 0.326 e. The molecule has 14 heteroatoms. The molecule has 0 aliphatic rings. The molecule has 0 aromatic heterocycles. The van der Waals surface area contributed by atoms with E-state index >= 15 is 0 Å². The molecular weight excluding hydrogens is 438 g/mol. The van der Waals surface area contributed by atoms with Crippen molar-refractivity contribution in [3.63, 3.8) is 0 Å². The first-order valence-corrected chi connectivity index (χ1v) is 10.5. The molecule has 4 unspecified atom stereocenters. The number of carbonyl (C=O) groups is 6. The largest absolute Gasteiger partial charge is 0.480 e. The molecule has 0 bridgehead atoms. The minimum atomic E-state index is -1.48. The van der Waals surface area contributed by atoms with Gasteiger partial charge in [-0.15, -0.1) is 0 Å². The third kappa shape index (κ3) is 11.8. The lowest BCUT2D eigenvalue weighted by atomic mass is 10.0. The number of carboxylic acid groups (broad SMARTS) is 1. The van der Waals surface area contributed by atoms with E-state index in [0.717, 1.165) is 0 Å². The highest BCUT2D eigenvalue weighted by atomic mass is 16.4. The lowest BCUT2D eigenvalue weighted by Gasteiger charge is -2.26. The highest BCUT2D eigenvalue weighted by Crippen LogP contribution is 2.07. The van der Waals surface area contributed by atoms with E-state index in [1.807, 2.05) is 0 Å². The molecule has 0 fully saturated rings. The lowest BCUT2D eigenvalue weighted by molar-refractivity contribution is -0.143. The molecule has 0 aromatic rings. The van der Waals surface area contributed by atoms with Crippen LogP contribution in [0.4, 0.5) is 0 Å². The minimum Gasteiger partial charge on any atom is -0.480 e. The Labute approximate surface area is 191 Å². The molecule has 0 rings (SSSR count). The monoisotopic (exact) mass is 473 g/mol. The predicted molar refractivity (Wildman–Crippen MR) is 117 cm³/mol. The zero-order chi connectivity index (χ0) is 25.7. The van der Waals surface area contributed by atoms with E-state index in [1.165, 1.54) is 0 Å². The van der Waals surface area contributed by atoms with Gasteiger partial charge in [-0.05, 0) is 31.7 Å². The van der Waals surface area contributed by atoms with E-state index in [-0.39, 0.29) is 6.42 Å². The van der Waals surface area contributed by atoms with Crippen LogP contribution in [0.25, 0.3) is 0 Å². The number of hydrogen-bond donors (Lipinski definition) is 8. The number of unbranched alkanes of at least 4 members (excludes halogenated alkanes) is 1. The molecule has 0 saturated heterocycles. The summed E-state index contributed by atoms with van der Waals surface area (Å²) in [7, 11) is 0. The van der Waals surface area contributed by atoms with Crippen molar-refractivity contribution in [1.82, 2.24) is 16.0 Å². The summed E-state index contributed by atoms with van der Waals surface area (Å²) in [5.74, 6) is -6.08. The molecule has 4 atom stereocenters. The summed E-state index contributed by atoms with van der Waals surface area (Å²) >= 11 is 0. The fourth-order valence-electron chi connectivity index (χ4n) is 2.80. The SMILES string of the molecule is CC(C)C(NC(=O)C(CC(N)=O)NC(=O)C(N)CC(N)=O)C(=O)NC(CCCCN)C(=O)O. The third-order valence-electron chi connectivity index (χ3n) is 4.60. The van der Waals surface area contributed by atoms with Crippen molar-refractivity contribution in [2.45, 2.75) is 70.1 Å². The molecule has 14 nitrogen and oxygen atoms in total. The van der Waals surface area contributed by atoms with Gasteiger partial charge in [0, 0.05) is 0 Å². The Morgan fingerprint density at radius 3 is 1.79 bits per heavy atom. The average Bonchev–Trinajstić information content (AvgIpc) is 2.69. The number of aliphatic carboxylic acids is 1. The topological polar surface area (TPSA) is 263 Å². The number of rotatable bonds is 16. The zero-order valence-corrected chi connectivity index (χ0v) is 18.8. The van der Waals surface area contributed by atoms with Crippen LogP contribution in [-0.4, -0.2) is 71.3 Å². The summed E-state index contributed by atoms with van der Waals surface area (Å²) in [5.41, 5.74) is 21.1. The number of primary amides is 2. The van der Waals surface area contributed by atoms with Crippen molar-refractivity contribution in [2.24, 2.45) is 28.9 Å². The molecule has 0 aromatic carbocycles. The van der Waals surface area contributed by atoms with Crippen molar-refractivity contribution in [3.8, 4) is 0 Å². The van der Waals surface area contributed by atoms with Gasteiger partial charge in [0.05, 0.1) is 18.9 Å². The van der Waals surface area contributed by atoms with E-state index in [0.29, 0.717) is 19.4 Å². The second-order valence-corrected chi connectivity index (χ2v) is 7.92. The molecule has 12 N–H and O–H groups in total. The highest BCUT2D eigenvalue weighted by Gasteiger charge is 2.32. The van der Waals surface area contributed by atoms with Crippen LogP contribution in [0.3, 0.4) is 0 Å². The molecule has 0 saturated carbocycles. The molecule has 0 spiro atoms. The van der Waals surface area contributed by atoms with Gasteiger partial charge in [0.2, 0.25) is 29.5 Å². The Kier molecular flexibility index (Phi) is 13.3. The summed E-state index contributed by atoms with van der Waals surface area (Å²) in [6.07, 6.45) is 0.106. The maximum atomic E-state index is 12.7. The van der Waals surface area contributed by atoms with Crippen molar-refractivity contribution in [3.05, 3.63) is 0 Å². The first kappa shape index (κ1) is 29.7. The summed E-state index contributed by atoms with van der Waals surface area (Å²) < 4.78 is 0. The van der Waals surface area contributed by atoms with Crippen LogP contribution >= 0.6 is 0 Å². The van der Waals surface area contributed by atoms with Crippen molar-refractivity contribution >= 4 is 35.5 Å². The Morgan fingerprint density at radius 2 is 1.33 bits per heavy atom. The maximum absolute atomic E-state index is 12.7. The Morgan fingerprint density at radius 1 is 0.788 bits per heavy atom. The quantitative estimate of drug-likeness (QED) is 0.103. The number of amides is 5. The van der Waals surface area contributed by atoms with Gasteiger partial charge in [0.1, 0.15) is 18.1 Å². The number of nitrogens with two attached hydrogens (primary N) is 4. The van der Waals surface area contributed by atoms with Crippen LogP contribution in [0, 0.1) is 5.92 Å². The summed E-state index contributed by atoms with van der Waals surface area (Å²) in [6.45, 7) is 3.60. The van der Waals surface area contributed by atoms with Gasteiger partial charge < -0.3 is 44.0 Å². The summed E-state index contributed by atoms with van der Waals surface area (Å²) in [4.78, 5) is 71.4. The van der Waals surface area contributed by atoms with E-state index in [9.17, 15) is 33.9 Å². The lowest BCUT2D eigenvalue weighted by Crippen LogP contribution is -2.59. The number of nitrogens with one attached hydrogen (secondary N) is 3. The average molecular weight is 474 g/mol. The van der Waals surface area contributed by atoms with Gasteiger partial charge in [-0.25, -0.2) is 4.79 Å². The van der Waals surface area contributed by atoms with Gasteiger partial charge in [0.25, 0.3) is 0 Å². The van der Waals surface area contributed by atoms with E-state index < -0.39 is 78.4 Å². The fourth-order valence-corrected chi connectivity index (χ4v) is 2.80. The van der Waals surface area contributed by atoms with Gasteiger partial charge in [0.15, 0.2) is 0 Å². The molecular formula is C19H35N7O7. The fraction of sp³-hybridized carbons (Fsp3) is 0.684. The highest BCUT2D eigenvalue weighted by molar-refractivity contribution is 5.96. The van der Waals surface area contributed by atoms with E-state index in [1.54, 1.807) is 13.8 Å². The number of carboxylic acids is 1. The molecule has 5 amide bonds.